The molecule has 5 N–H and O–H groups in total. The van der Waals surface area contributed by atoms with Gasteiger partial charge in [0.05, 0.1) is 47.4 Å². The topological polar surface area (TPSA) is 156 Å². The standard InChI is InChI=1S/C29H28FN5O5/c1-29(2,3)16-9-15-11-32-35(28(40)25(15)20(30)10-16)23-6-4-5-22(19(23)13-36)34-12-18(26(31)39)17-7-8-21(24(38)14-37)33-27(17)34/h4-12,24,36-38H,13-14H2,1-3H3,(H2,31,39). The third-order valence-corrected chi connectivity index (χ3v) is 6.93. The molecule has 1 atom stereocenters. The molecule has 0 spiro atoms. The minimum atomic E-state index is -1.26. The molecule has 0 radical (unpaired) electrons. The Labute approximate surface area is 227 Å². The number of halogens is 1. The van der Waals surface area contributed by atoms with Crippen LogP contribution >= 0.6 is 0 Å². The van der Waals surface area contributed by atoms with Gasteiger partial charge in [-0.05, 0) is 47.4 Å². The zero-order valence-corrected chi connectivity index (χ0v) is 22.1. The average Bonchev–Trinajstić information content (AvgIpc) is 3.30. The van der Waals surface area contributed by atoms with Crippen molar-refractivity contribution in [1.82, 2.24) is 19.3 Å². The van der Waals surface area contributed by atoms with Crippen molar-refractivity contribution < 1.29 is 24.5 Å². The highest BCUT2D eigenvalue weighted by molar-refractivity contribution is 6.06. The molecule has 0 aliphatic carbocycles. The van der Waals surface area contributed by atoms with E-state index in [9.17, 15) is 24.9 Å². The van der Waals surface area contributed by atoms with Crippen LogP contribution in [0.4, 0.5) is 4.39 Å². The summed E-state index contributed by atoms with van der Waals surface area (Å²) in [7, 11) is 0. The fourth-order valence-corrected chi connectivity index (χ4v) is 4.76. The number of aromatic nitrogens is 4. The van der Waals surface area contributed by atoms with E-state index in [-0.39, 0.29) is 39.0 Å². The number of aliphatic hydroxyl groups is 3. The van der Waals surface area contributed by atoms with Crippen molar-refractivity contribution in [3.63, 3.8) is 0 Å². The molecule has 5 rings (SSSR count). The van der Waals surface area contributed by atoms with Gasteiger partial charge in [0.15, 0.2) is 0 Å². The first-order valence-corrected chi connectivity index (χ1v) is 12.5. The second-order valence-corrected chi connectivity index (χ2v) is 10.5. The Bertz CT molecular complexity index is 1850. The van der Waals surface area contributed by atoms with E-state index < -0.39 is 36.6 Å². The summed E-state index contributed by atoms with van der Waals surface area (Å²) in [5.41, 5.74) is 6.58. The molecule has 0 aliphatic rings. The van der Waals surface area contributed by atoms with E-state index in [1.165, 1.54) is 29.1 Å². The van der Waals surface area contributed by atoms with Crippen LogP contribution in [-0.2, 0) is 12.0 Å². The SMILES string of the molecule is CC(C)(C)c1cc(F)c2c(=O)n(-c3cccc(-n4cc(C(N)=O)c5ccc(C(O)CO)nc54)c3CO)ncc2c1. The first-order chi connectivity index (χ1) is 19.0. The number of aliphatic hydroxyl groups excluding tert-OH is 3. The lowest BCUT2D eigenvalue weighted by atomic mass is 9.86. The predicted octanol–water partition coefficient (Wildman–Crippen LogP) is 2.78. The molecule has 1 unspecified atom stereocenters. The molecule has 5 aromatic rings. The van der Waals surface area contributed by atoms with Crippen molar-refractivity contribution in [1.29, 1.82) is 0 Å². The van der Waals surface area contributed by atoms with Crippen LogP contribution in [-0.4, -0.2) is 47.2 Å². The summed E-state index contributed by atoms with van der Waals surface area (Å²) in [5.74, 6) is -1.40. The molecule has 3 heterocycles. The summed E-state index contributed by atoms with van der Waals surface area (Å²) in [6.45, 7) is 4.71. The van der Waals surface area contributed by atoms with E-state index in [0.29, 0.717) is 16.5 Å². The third kappa shape index (κ3) is 4.43. The molecule has 11 heteroatoms. The second kappa shape index (κ2) is 9.94. The molecule has 0 saturated carbocycles. The van der Waals surface area contributed by atoms with E-state index in [4.69, 9.17) is 5.73 Å². The van der Waals surface area contributed by atoms with Crippen LogP contribution in [0.25, 0.3) is 33.2 Å². The smallest absolute Gasteiger partial charge is 0.282 e. The number of carbonyl (C=O) groups is 1. The quantitative estimate of drug-likeness (QED) is 0.256. The van der Waals surface area contributed by atoms with Gasteiger partial charge in [-0.15, -0.1) is 0 Å². The Morgan fingerprint density at radius 2 is 1.85 bits per heavy atom. The van der Waals surface area contributed by atoms with Gasteiger partial charge in [0.2, 0.25) is 0 Å². The van der Waals surface area contributed by atoms with Gasteiger partial charge in [-0.3, -0.25) is 9.59 Å². The number of benzene rings is 2. The van der Waals surface area contributed by atoms with Crippen LogP contribution in [0.1, 0.15) is 54.1 Å². The van der Waals surface area contributed by atoms with E-state index in [2.05, 4.69) is 10.1 Å². The lowest BCUT2D eigenvalue weighted by Gasteiger charge is -2.20. The van der Waals surface area contributed by atoms with Gasteiger partial charge in [0, 0.05) is 22.5 Å². The van der Waals surface area contributed by atoms with Crippen molar-refractivity contribution in [2.75, 3.05) is 6.61 Å². The fraction of sp³-hybridized carbons (Fsp3) is 0.241. The minimum Gasteiger partial charge on any atom is -0.393 e. The Morgan fingerprint density at radius 3 is 2.50 bits per heavy atom. The summed E-state index contributed by atoms with van der Waals surface area (Å²) in [5, 5.41) is 34.9. The van der Waals surface area contributed by atoms with E-state index in [0.717, 1.165) is 10.2 Å². The molecule has 3 aromatic heterocycles. The highest BCUT2D eigenvalue weighted by atomic mass is 19.1. The van der Waals surface area contributed by atoms with Gasteiger partial charge >= 0.3 is 0 Å². The number of nitrogens with zero attached hydrogens (tertiary/aromatic N) is 4. The van der Waals surface area contributed by atoms with Crippen molar-refractivity contribution in [3.8, 4) is 11.4 Å². The number of rotatable bonds is 6. The highest BCUT2D eigenvalue weighted by Gasteiger charge is 2.23. The lowest BCUT2D eigenvalue weighted by molar-refractivity contribution is 0.0925. The van der Waals surface area contributed by atoms with Gasteiger partial charge in [-0.2, -0.15) is 9.78 Å². The van der Waals surface area contributed by atoms with Crippen molar-refractivity contribution in [2.45, 2.75) is 38.9 Å². The molecular weight excluding hydrogens is 517 g/mol. The molecule has 206 valence electrons. The maximum Gasteiger partial charge on any atom is 0.282 e. The summed E-state index contributed by atoms with van der Waals surface area (Å²) in [4.78, 5) is 30.2. The molecule has 40 heavy (non-hydrogen) atoms. The zero-order valence-electron chi connectivity index (χ0n) is 22.1. The normalized spacial score (nSPS) is 12.8. The Morgan fingerprint density at radius 1 is 1.12 bits per heavy atom. The second-order valence-electron chi connectivity index (χ2n) is 10.5. The highest BCUT2D eigenvalue weighted by Crippen LogP contribution is 2.30. The maximum atomic E-state index is 15.3. The summed E-state index contributed by atoms with van der Waals surface area (Å²) in [6.07, 6.45) is 1.59. The molecule has 2 aromatic carbocycles. The van der Waals surface area contributed by atoms with Crippen LogP contribution < -0.4 is 11.3 Å². The Kier molecular flexibility index (Phi) is 6.74. The summed E-state index contributed by atoms with van der Waals surface area (Å²) in [6, 6.07) is 10.9. The number of carbonyl (C=O) groups excluding carboxylic acids is 1. The van der Waals surface area contributed by atoms with Crippen LogP contribution in [0, 0.1) is 5.82 Å². The number of hydrogen-bond acceptors (Lipinski definition) is 7. The largest absolute Gasteiger partial charge is 0.393 e. The van der Waals surface area contributed by atoms with Gasteiger partial charge in [-0.1, -0.05) is 26.8 Å². The monoisotopic (exact) mass is 545 g/mol. The number of amides is 1. The maximum absolute atomic E-state index is 15.3. The number of fused-ring (bicyclic) bond motifs is 2. The number of nitrogens with two attached hydrogens (primary N) is 1. The molecule has 0 saturated heterocycles. The van der Waals surface area contributed by atoms with Crippen molar-refractivity contribution in [2.24, 2.45) is 5.73 Å². The molecule has 10 nitrogen and oxygen atoms in total. The summed E-state index contributed by atoms with van der Waals surface area (Å²) < 4.78 is 17.8. The fourth-order valence-electron chi connectivity index (χ4n) is 4.76. The molecular formula is C29H28FN5O5. The lowest BCUT2D eigenvalue weighted by Crippen LogP contribution is -2.24. The molecule has 1 amide bonds. The van der Waals surface area contributed by atoms with Crippen LogP contribution in [0.2, 0.25) is 0 Å². The summed E-state index contributed by atoms with van der Waals surface area (Å²) >= 11 is 0. The van der Waals surface area contributed by atoms with E-state index in [1.54, 1.807) is 30.3 Å². The molecule has 0 fully saturated rings. The first kappa shape index (κ1) is 27.1. The van der Waals surface area contributed by atoms with Crippen LogP contribution in [0.5, 0.6) is 0 Å². The Hall–Kier alpha value is -4.45. The van der Waals surface area contributed by atoms with Gasteiger partial charge in [0.1, 0.15) is 17.6 Å². The van der Waals surface area contributed by atoms with Crippen LogP contribution in [0.15, 0.2) is 59.7 Å². The predicted molar refractivity (Wildman–Crippen MR) is 147 cm³/mol. The molecule has 0 aliphatic heterocycles. The molecule has 0 bridgehead atoms. The zero-order chi connectivity index (χ0) is 28.9. The van der Waals surface area contributed by atoms with Gasteiger partial charge in [-0.25, -0.2) is 9.37 Å². The van der Waals surface area contributed by atoms with Crippen LogP contribution in [0.3, 0.4) is 0 Å². The van der Waals surface area contributed by atoms with Crippen molar-refractivity contribution >= 4 is 27.7 Å². The minimum absolute atomic E-state index is 0.135. The van der Waals surface area contributed by atoms with Gasteiger partial charge in [0.25, 0.3) is 11.5 Å². The van der Waals surface area contributed by atoms with Gasteiger partial charge < -0.3 is 25.6 Å². The van der Waals surface area contributed by atoms with Crippen molar-refractivity contribution in [3.05, 3.63) is 93.4 Å². The average molecular weight is 546 g/mol. The number of primary amides is 1. The van der Waals surface area contributed by atoms with E-state index >= 15 is 4.39 Å². The van der Waals surface area contributed by atoms with E-state index in [1.807, 2.05) is 20.8 Å². The third-order valence-electron chi connectivity index (χ3n) is 6.93. The number of hydrogen-bond donors (Lipinski definition) is 4. The number of pyridine rings is 1. The Balaban J connectivity index is 1.76. The first-order valence-electron chi connectivity index (χ1n) is 12.5.